The van der Waals surface area contributed by atoms with Gasteiger partial charge in [0.25, 0.3) is 0 Å². The van der Waals surface area contributed by atoms with Crippen LogP contribution >= 0.6 is 0 Å². The van der Waals surface area contributed by atoms with E-state index in [-0.39, 0.29) is 11.8 Å². The Kier molecular flexibility index (Phi) is 4.50. The van der Waals surface area contributed by atoms with Crippen LogP contribution in [0.15, 0.2) is 36.7 Å². The number of benzene rings is 1. The van der Waals surface area contributed by atoms with E-state index >= 15 is 0 Å². The summed E-state index contributed by atoms with van der Waals surface area (Å²) >= 11 is 0. The number of carbonyl (C=O) groups excluding carboxylic acids is 2. The summed E-state index contributed by atoms with van der Waals surface area (Å²) in [4.78, 5) is 27.6. The third-order valence-corrected chi connectivity index (χ3v) is 4.16. The Labute approximate surface area is 140 Å². The molecule has 0 bridgehead atoms. The number of carbonyl (C=O) groups is 2. The second kappa shape index (κ2) is 6.74. The summed E-state index contributed by atoms with van der Waals surface area (Å²) in [5.74, 6) is 0.0680. The Morgan fingerprint density at radius 3 is 2.29 bits per heavy atom. The normalized spacial score (nSPS) is 14.6. The molecule has 0 radical (unpaired) electrons. The molecule has 1 N–H and O–H groups in total. The van der Waals surface area contributed by atoms with E-state index in [1.807, 2.05) is 31.3 Å². The van der Waals surface area contributed by atoms with Gasteiger partial charge >= 0.3 is 6.03 Å². The molecule has 2 aromatic rings. The number of urea groups is 1. The molecule has 0 aliphatic carbocycles. The van der Waals surface area contributed by atoms with Crippen LogP contribution in [0.4, 0.5) is 16.2 Å². The fourth-order valence-corrected chi connectivity index (χ4v) is 2.76. The van der Waals surface area contributed by atoms with Gasteiger partial charge in [-0.3, -0.25) is 9.48 Å². The van der Waals surface area contributed by atoms with Gasteiger partial charge in [0, 0.05) is 50.7 Å². The number of nitrogens with one attached hydrogen (secondary N) is 1. The molecule has 0 spiro atoms. The SMILES string of the molecule is CC(=O)c1ccc(N2CCN(C(=O)Nc3cnn(C)c3)CC2)cc1. The highest BCUT2D eigenvalue weighted by Crippen LogP contribution is 2.18. The highest BCUT2D eigenvalue weighted by Gasteiger charge is 2.21. The average Bonchev–Trinajstić information content (AvgIpc) is 3.00. The Hall–Kier alpha value is -2.83. The second-order valence-corrected chi connectivity index (χ2v) is 5.91. The first-order valence-corrected chi connectivity index (χ1v) is 7.93. The maximum atomic E-state index is 12.3. The molecule has 1 aliphatic heterocycles. The number of nitrogens with zero attached hydrogens (tertiary/aromatic N) is 4. The molecule has 2 amide bonds. The van der Waals surface area contributed by atoms with Crippen molar-refractivity contribution in [1.82, 2.24) is 14.7 Å². The summed E-state index contributed by atoms with van der Waals surface area (Å²) in [6, 6.07) is 7.51. The number of ketones is 1. The lowest BCUT2D eigenvalue weighted by Crippen LogP contribution is -2.50. The van der Waals surface area contributed by atoms with E-state index in [4.69, 9.17) is 0 Å². The molecule has 7 heteroatoms. The summed E-state index contributed by atoms with van der Waals surface area (Å²) in [7, 11) is 1.81. The van der Waals surface area contributed by atoms with Gasteiger partial charge in [-0.15, -0.1) is 0 Å². The molecule has 126 valence electrons. The summed E-state index contributed by atoms with van der Waals surface area (Å²) < 4.78 is 1.65. The number of rotatable bonds is 3. The summed E-state index contributed by atoms with van der Waals surface area (Å²) in [6.45, 7) is 4.40. The van der Waals surface area contributed by atoms with Gasteiger partial charge in [-0.25, -0.2) is 4.79 Å². The van der Waals surface area contributed by atoms with Crippen LogP contribution in [0.2, 0.25) is 0 Å². The van der Waals surface area contributed by atoms with Crippen molar-refractivity contribution in [3.8, 4) is 0 Å². The third kappa shape index (κ3) is 3.56. The van der Waals surface area contributed by atoms with Crippen LogP contribution < -0.4 is 10.2 Å². The predicted molar refractivity (Wildman–Crippen MR) is 92.5 cm³/mol. The topological polar surface area (TPSA) is 70.5 Å². The molecular formula is C17H21N5O2. The van der Waals surface area contributed by atoms with E-state index < -0.39 is 0 Å². The molecule has 1 aromatic carbocycles. The van der Waals surface area contributed by atoms with Crippen molar-refractivity contribution >= 4 is 23.2 Å². The zero-order valence-electron chi connectivity index (χ0n) is 13.9. The molecule has 1 fully saturated rings. The van der Waals surface area contributed by atoms with Crippen molar-refractivity contribution in [2.45, 2.75) is 6.92 Å². The number of aryl methyl sites for hydroxylation is 1. The van der Waals surface area contributed by atoms with Gasteiger partial charge in [0.15, 0.2) is 5.78 Å². The lowest BCUT2D eigenvalue weighted by Gasteiger charge is -2.36. The van der Waals surface area contributed by atoms with Crippen LogP contribution in [-0.2, 0) is 7.05 Å². The van der Waals surface area contributed by atoms with Gasteiger partial charge < -0.3 is 15.1 Å². The molecule has 0 unspecified atom stereocenters. The van der Waals surface area contributed by atoms with Gasteiger partial charge in [0.1, 0.15) is 0 Å². The number of hydrogen-bond acceptors (Lipinski definition) is 4. The predicted octanol–water partition coefficient (Wildman–Crippen LogP) is 1.98. The maximum absolute atomic E-state index is 12.3. The molecule has 7 nitrogen and oxygen atoms in total. The standard InChI is InChI=1S/C17H21N5O2/c1-13(23)14-3-5-16(6-4-14)21-7-9-22(10-8-21)17(24)19-15-11-18-20(2)12-15/h3-6,11-12H,7-10H2,1-2H3,(H,19,24). The van der Waals surface area contributed by atoms with Crippen LogP contribution in [0.25, 0.3) is 0 Å². The van der Waals surface area contributed by atoms with Crippen molar-refractivity contribution in [3.05, 3.63) is 42.2 Å². The zero-order chi connectivity index (χ0) is 17.1. The Balaban J connectivity index is 1.55. The number of amides is 2. The number of piperazine rings is 1. The molecule has 0 saturated carbocycles. The van der Waals surface area contributed by atoms with Crippen LogP contribution in [0, 0.1) is 0 Å². The molecule has 1 aromatic heterocycles. The first-order chi connectivity index (χ1) is 11.5. The van der Waals surface area contributed by atoms with Crippen molar-refractivity contribution in [3.63, 3.8) is 0 Å². The van der Waals surface area contributed by atoms with Crippen molar-refractivity contribution in [2.75, 3.05) is 36.4 Å². The van der Waals surface area contributed by atoms with Crippen molar-refractivity contribution in [1.29, 1.82) is 0 Å². The van der Waals surface area contributed by atoms with E-state index in [1.165, 1.54) is 0 Å². The van der Waals surface area contributed by atoms with Crippen molar-refractivity contribution < 1.29 is 9.59 Å². The number of anilines is 2. The van der Waals surface area contributed by atoms with Crippen LogP contribution in [0.1, 0.15) is 17.3 Å². The molecule has 1 saturated heterocycles. The average molecular weight is 327 g/mol. The van der Waals surface area contributed by atoms with Gasteiger partial charge in [-0.1, -0.05) is 0 Å². The van der Waals surface area contributed by atoms with Crippen LogP contribution in [0.3, 0.4) is 0 Å². The largest absolute Gasteiger partial charge is 0.368 e. The Morgan fingerprint density at radius 2 is 1.75 bits per heavy atom. The van der Waals surface area contributed by atoms with E-state index in [2.05, 4.69) is 15.3 Å². The van der Waals surface area contributed by atoms with Gasteiger partial charge in [0.05, 0.1) is 11.9 Å². The highest BCUT2D eigenvalue weighted by atomic mass is 16.2. The lowest BCUT2D eigenvalue weighted by atomic mass is 10.1. The van der Waals surface area contributed by atoms with E-state index in [0.29, 0.717) is 24.3 Å². The number of hydrogen-bond donors (Lipinski definition) is 1. The van der Waals surface area contributed by atoms with Crippen LogP contribution in [-0.4, -0.2) is 52.7 Å². The fraction of sp³-hybridized carbons (Fsp3) is 0.353. The summed E-state index contributed by atoms with van der Waals surface area (Å²) in [5, 5.41) is 6.89. The molecule has 2 heterocycles. The first-order valence-electron chi connectivity index (χ1n) is 7.93. The number of Topliss-reactive ketones (excluding diaryl/α,β-unsaturated/α-hetero) is 1. The summed E-state index contributed by atoms with van der Waals surface area (Å²) in [6.07, 6.45) is 3.40. The highest BCUT2D eigenvalue weighted by molar-refractivity contribution is 5.94. The van der Waals surface area contributed by atoms with E-state index in [9.17, 15) is 9.59 Å². The first kappa shape index (κ1) is 16.0. The monoisotopic (exact) mass is 327 g/mol. The fourth-order valence-electron chi connectivity index (χ4n) is 2.76. The lowest BCUT2D eigenvalue weighted by molar-refractivity contribution is 0.101. The van der Waals surface area contributed by atoms with E-state index in [0.717, 1.165) is 18.8 Å². The molecule has 1 aliphatic rings. The summed E-state index contributed by atoms with van der Waals surface area (Å²) in [5.41, 5.74) is 2.49. The maximum Gasteiger partial charge on any atom is 0.322 e. The van der Waals surface area contributed by atoms with Crippen LogP contribution in [0.5, 0.6) is 0 Å². The van der Waals surface area contributed by atoms with E-state index in [1.54, 1.807) is 28.9 Å². The quantitative estimate of drug-likeness (QED) is 0.875. The molecule has 3 rings (SSSR count). The van der Waals surface area contributed by atoms with Crippen molar-refractivity contribution in [2.24, 2.45) is 7.05 Å². The number of aromatic nitrogens is 2. The smallest absolute Gasteiger partial charge is 0.322 e. The second-order valence-electron chi connectivity index (χ2n) is 5.91. The minimum atomic E-state index is -0.102. The Bertz CT molecular complexity index is 730. The molecular weight excluding hydrogens is 306 g/mol. The minimum absolute atomic E-state index is 0.0680. The Morgan fingerprint density at radius 1 is 1.08 bits per heavy atom. The zero-order valence-corrected chi connectivity index (χ0v) is 13.9. The minimum Gasteiger partial charge on any atom is -0.368 e. The van der Waals surface area contributed by atoms with Gasteiger partial charge in [-0.2, -0.15) is 5.10 Å². The molecule has 0 atom stereocenters. The third-order valence-electron chi connectivity index (χ3n) is 4.16. The van der Waals surface area contributed by atoms with Gasteiger partial charge in [0.2, 0.25) is 0 Å². The molecule has 24 heavy (non-hydrogen) atoms. The van der Waals surface area contributed by atoms with Gasteiger partial charge in [-0.05, 0) is 31.2 Å².